The standard InChI is InChI=1S/C15H15NO2/c1-3-10-7-8-13(16)12(9-10)11-5-4-6-14(17)15(11)18-2/h3-9,17H,1,16H2,2H3. The summed E-state index contributed by atoms with van der Waals surface area (Å²) in [5.41, 5.74) is 9.15. The molecule has 0 unspecified atom stereocenters. The predicted molar refractivity (Wildman–Crippen MR) is 74.6 cm³/mol. The van der Waals surface area contributed by atoms with Gasteiger partial charge in [-0.05, 0) is 23.8 Å². The minimum Gasteiger partial charge on any atom is -0.504 e. The van der Waals surface area contributed by atoms with Crippen molar-refractivity contribution in [3.05, 3.63) is 48.5 Å². The summed E-state index contributed by atoms with van der Waals surface area (Å²) < 4.78 is 5.23. The zero-order valence-electron chi connectivity index (χ0n) is 10.2. The second-order valence-electron chi connectivity index (χ2n) is 3.91. The summed E-state index contributed by atoms with van der Waals surface area (Å²) in [6, 6.07) is 10.8. The molecule has 3 heteroatoms. The number of benzene rings is 2. The minimum absolute atomic E-state index is 0.0957. The quantitative estimate of drug-likeness (QED) is 0.811. The highest BCUT2D eigenvalue weighted by molar-refractivity contribution is 5.83. The van der Waals surface area contributed by atoms with E-state index < -0.39 is 0 Å². The van der Waals surface area contributed by atoms with Gasteiger partial charge in [-0.15, -0.1) is 0 Å². The maximum absolute atomic E-state index is 9.78. The van der Waals surface area contributed by atoms with Crippen LogP contribution in [0.5, 0.6) is 11.5 Å². The average molecular weight is 241 g/mol. The molecule has 0 bridgehead atoms. The van der Waals surface area contributed by atoms with Gasteiger partial charge in [0.05, 0.1) is 7.11 Å². The molecule has 0 fully saturated rings. The molecule has 2 aromatic carbocycles. The summed E-state index contributed by atoms with van der Waals surface area (Å²) in [5.74, 6) is 0.517. The summed E-state index contributed by atoms with van der Waals surface area (Å²) in [6.45, 7) is 3.73. The number of aromatic hydroxyl groups is 1. The van der Waals surface area contributed by atoms with Gasteiger partial charge >= 0.3 is 0 Å². The third-order valence-electron chi connectivity index (χ3n) is 2.80. The van der Waals surface area contributed by atoms with E-state index in [2.05, 4.69) is 6.58 Å². The molecule has 0 radical (unpaired) electrons. The lowest BCUT2D eigenvalue weighted by molar-refractivity contribution is 0.375. The number of anilines is 1. The fraction of sp³-hybridized carbons (Fsp3) is 0.0667. The minimum atomic E-state index is 0.0957. The molecule has 18 heavy (non-hydrogen) atoms. The van der Waals surface area contributed by atoms with Gasteiger partial charge in [0.25, 0.3) is 0 Å². The van der Waals surface area contributed by atoms with Crippen LogP contribution in [0.25, 0.3) is 17.2 Å². The Hall–Kier alpha value is -2.42. The van der Waals surface area contributed by atoms with Crippen molar-refractivity contribution in [3.8, 4) is 22.6 Å². The summed E-state index contributed by atoms with van der Waals surface area (Å²) in [6.07, 6.45) is 1.75. The lowest BCUT2D eigenvalue weighted by atomic mass is 10.00. The molecular weight excluding hydrogens is 226 g/mol. The van der Waals surface area contributed by atoms with E-state index in [9.17, 15) is 5.11 Å². The number of phenolic OH excluding ortho intramolecular Hbond substituents is 1. The van der Waals surface area contributed by atoms with Crippen LogP contribution in [0.4, 0.5) is 5.69 Å². The number of para-hydroxylation sites is 1. The highest BCUT2D eigenvalue weighted by Crippen LogP contribution is 2.39. The normalized spacial score (nSPS) is 10.1. The van der Waals surface area contributed by atoms with E-state index in [1.54, 1.807) is 18.2 Å². The number of hydrogen-bond donors (Lipinski definition) is 2. The van der Waals surface area contributed by atoms with Gasteiger partial charge < -0.3 is 15.6 Å². The van der Waals surface area contributed by atoms with Crippen LogP contribution < -0.4 is 10.5 Å². The average Bonchev–Trinajstić information content (AvgIpc) is 2.39. The van der Waals surface area contributed by atoms with Crippen molar-refractivity contribution in [1.29, 1.82) is 0 Å². The Bertz CT molecular complexity index is 591. The molecule has 92 valence electrons. The van der Waals surface area contributed by atoms with Crippen molar-refractivity contribution < 1.29 is 9.84 Å². The first kappa shape index (κ1) is 12.0. The van der Waals surface area contributed by atoms with Crippen LogP contribution in [0.1, 0.15) is 5.56 Å². The van der Waals surface area contributed by atoms with E-state index in [1.165, 1.54) is 7.11 Å². The van der Waals surface area contributed by atoms with E-state index in [0.717, 1.165) is 16.7 Å². The van der Waals surface area contributed by atoms with Crippen LogP contribution in [0.2, 0.25) is 0 Å². The van der Waals surface area contributed by atoms with Crippen LogP contribution in [-0.4, -0.2) is 12.2 Å². The van der Waals surface area contributed by atoms with Crippen LogP contribution in [0, 0.1) is 0 Å². The van der Waals surface area contributed by atoms with Gasteiger partial charge in [-0.3, -0.25) is 0 Å². The Balaban J connectivity index is 2.68. The number of nitrogens with two attached hydrogens (primary N) is 1. The maximum atomic E-state index is 9.78. The first-order chi connectivity index (χ1) is 8.67. The molecule has 0 aliphatic carbocycles. The molecule has 0 saturated heterocycles. The van der Waals surface area contributed by atoms with Gasteiger partial charge in [-0.1, -0.05) is 30.9 Å². The summed E-state index contributed by atoms with van der Waals surface area (Å²) in [4.78, 5) is 0. The fourth-order valence-electron chi connectivity index (χ4n) is 1.89. The number of ether oxygens (including phenoxy) is 1. The lowest BCUT2D eigenvalue weighted by Gasteiger charge is -2.12. The third kappa shape index (κ3) is 2.02. The Morgan fingerprint density at radius 2 is 2.00 bits per heavy atom. The molecule has 3 nitrogen and oxygen atoms in total. The van der Waals surface area contributed by atoms with Gasteiger partial charge in [0.1, 0.15) is 0 Å². The van der Waals surface area contributed by atoms with Crippen molar-refractivity contribution in [3.63, 3.8) is 0 Å². The summed E-state index contributed by atoms with van der Waals surface area (Å²) in [5, 5.41) is 9.78. The second-order valence-corrected chi connectivity index (χ2v) is 3.91. The Kier molecular flexibility index (Phi) is 3.24. The largest absolute Gasteiger partial charge is 0.504 e. The van der Waals surface area contributed by atoms with Crippen LogP contribution >= 0.6 is 0 Å². The molecule has 0 atom stereocenters. The van der Waals surface area contributed by atoms with Crippen LogP contribution in [0.15, 0.2) is 43.0 Å². The second kappa shape index (κ2) is 4.84. The van der Waals surface area contributed by atoms with Crippen molar-refractivity contribution in [1.82, 2.24) is 0 Å². The molecule has 0 spiro atoms. The van der Waals surface area contributed by atoms with Crippen molar-refractivity contribution in [2.24, 2.45) is 0 Å². The molecule has 0 aliphatic rings. The number of methoxy groups -OCH3 is 1. The highest BCUT2D eigenvalue weighted by Gasteiger charge is 2.12. The van der Waals surface area contributed by atoms with E-state index in [1.807, 2.05) is 24.3 Å². The first-order valence-electron chi connectivity index (χ1n) is 5.55. The number of nitrogen functional groups attached to an aromatic ring is 1. The van der Waals surface area contributed by atoms with Crippen molar-refractivity contribution in [2.75, 3.05) is 12.8 Å². The third-order valence-corrected chi connectivity index (χ3v) is 2.80. The Morgan fingerprint density at radius 1 is 1.22 bits per heavy atom. The zero-order valence-corrected chi connectivity index (χ0v) is 10.2. The summed E-state index contributed by atoms with van der Waals surface area (Å²) in [7, 11) is 1.52. The monoisotopic (exact) mass is 241 g/mol. The lowest BCUT2D eigenvalue weighted by Crippen LogP contribution is -1.94. The Morgan fingerprint density at radius 3 is 2.67 bits per heavy atom. The SMILES string of the molecule is C=Cc1ccc(N)c(-c2cccc(O)c2OC)c1. The fourth-order valence-corrected chi connectivity index (χ4v) is 1.89. The zero-order chi connectivity index (χ0) is 13.1. The molecule has 2 rings (SSSR count). The van der Waals surface area contributed by atoms with Crippen molar-refractivity contribution >= 4 is 11.8 Å². The van der Waals surface area contributed by atoms with Crippen LogP contribution in [-0.2, 0) is 0 Å². The smallest absolute Gasteiger partial charge is 0.168 e. The van der Waals surface area contributed by atoms with Gasteiger partial charge in [0, 0.05) is 16.8 Å². The van der Waals surface area contributed by atoms with Gasteiger partial charge in [-0.25, -0.2) is 0 Å². The molecule has 0 amide bonds. The van der Waals surface area contributed by atoms with Crippen LogP contribution in [0.3, 0.4) is 0 Å². The van der Waals surface area contributed by atoms with E-state index in [4.69, 9.17) is 10.5 Å². The van der Waals surface area contributed by atoms with Crippen molar-refractivity contribution in [2.45, 2.75) is 0 Å². The number of hydrogen-bond acceptors (Lipinski definition) is 3. The van der Waals surface area contributed by atoms with E-state index in [-0.39, 0.29) is 5.75 Å². The molecule has 0 aromatic heterocycles. The van der Waals surface area contributed by atoms with Gasteiger partial charge in [0.15, 0.2) is 11.5 Å². The highest BCUT2D eigenvalue weighted by atomic mass is 16.5. The number of rotatable bonds is 3. The molecule has 3 N–H and O–H groups in total. The predicted octanol–water partition coefficient (Wildman–Crippen LogP) is 3.29. The van der Waals surface area contributed by atoms with E-state index in [0.29, 0.717) is 11.4 Å². The molecular formula is C15H15NO2. The molecule has 0 aliphatic heterocycles. The maximum Gasteiger partial charge on any atom is 0.168 e. The van der Waals surface area contributed by atoms with E-state index >= 15 is 0 Å². The topological polar surface area (TPSA) is 55.5 Å². The molecule has 2 aromatic rings. The number of phenols is 1. The van der Waals surface area contributed by atoms with Gasteiger partial charge in [0.2, 0.25) is 0 Å². The summed E-state index contributed by atoms with van der Waals surface area (Å²) >= 11 is 0. The first-order valence-corrected chi connectivity index (χ1v) is 5.55. The van der Waals surface area contributed by atoms with Gasteiger partial charge in [-0.2, -0.15) is 0 Å². The Labute approximate surface area is 106 Å². The molecule has 0 saturated carbocycles. The molecule has 0 heterocycles.